The third-order valence-electron chi connectivity index (χ3n) is 5.00. The van der Waals surface area contributed by atoms with E-state index in [2.05, 4.69) is 32.5 Å². The lowest BCUT2D eigenvalue weighted by Crippen LogP contribution is -2.49. The smallest absolute Gasteiger partial charge is 0.232 e. The molecule has 4 rings (SSSR count). The van der Waals surface area contributed by atoms with E-state index in [1.807, 2.05) is 29.2 Å². The van der Waals surface area contributed by atoms with Gasteiger partial charge in [-0.2, -0.15) is 0 Å². The molecule has 3 heterocycles. The van der Waals surface area contributed by atoms with E-state index < -0.39 is 0 Å². The van der Waals surface area contributed by atoms with Gasteiger partial charge < -0.3 is 19.5 Å². The Kier molecular flexibility index (Phi) is 8.67. The van der Waals surface area contributed by atoms with E-state index in [0.717, 1.165) is 34.1 Å². The van der Waals surface area contributed by atoms with E-state index in [-0.39, 0.29) is 17.6 Å². The van der Waals surface area contributed by atoms with Crippen molar-refractivity contribution in [2.24, 2.45) is 0 Å². The first kappa shape index (κ1) is 23.7. The molecular weight excluding hydrogens is 478 g/mol. The van der Waals surface area contributed by atoms with Crippen LogP contribution in [-0.2, 0) is 21.9 Å². The molecule has 0 radical (unpaired) electrons. The van der Waals surface area contributed by atoms with Gasteiger partial charge >= 0.3 is 0 Å². The summed E-state index contributed by atoms with van der Waals surface area (Å²) >= 11 is 4.50. The lowest BCUT2D eigenvalue weighted by atomic mass is 10.2. The van der Waals surface area contributed by atoms with Crippen molar-refractivity contribution in [3.8, 4) is 0 Å². The number of hydrogen-bond donors (Lipinski definition) is 1. The van der Waals surface area contributed by atoms with E-state index in [1.54, 1.807) is 24.1 Å². The predicted octanol–water partition coefficient (Wildman–Crippen LogP) is 3.12. The number of hydrogen-bond acceptors (Lipinski definition) is 9. The van der Waals surface area contributed by atoms with Crippen molar-refractivity contribution in [1.29, 1.82) is 0 Å². The number of nitrogens with zero attached hydrogens (tertiary/aromatic N) is 4. The third kappa shape index (κ3) is 7.24. The van der Waals surface area contributed by atoms with E-state index in [4.69, 9.17) is 4.42 Å². The minimum atomic E-state index is -0.0783. The molecule has 11 heteroatoms. The van der Waals surface area contributed by atoms with Crippen LogP contribution in [0, 0.1) is 0 Å². The summed E-state index contributed by atoms with van der Waals surface area (Å²) in [6.45, 7) is 3.21. The van der Waals surface area contributed by atoms with E-state index >= 15 is 0 Å². The van der Waals surface area contributed by atoms with Crippen LogP contribution in [-0.4, -0.2) is 64.6 Å². The largest absolute Gasteiger partial charge is 0.467 e. The molecule has 8 nitrogen and oxygen atoms in total. The highest BCUT2D eigenvalue weighted by atomic mass is 32.2. The van der Waals surface area contributed by atoms with Gasteiger partial charge in [0.05, 0.1) is 24.3 Å². The van der Waals surface area contributed by atoms with E-state index in [0.29, 0.717) is 25.4 Å². The minimum absolute atomic E-state index is 0.0783. The van der Waals surface area contributed by atoms with E-state index in [9.17, 15) is 9.59 Å². The molecule has 0 bridgehead atoms. The first-order chi connectivity index (χ1) is 16.2. The van der Waals surface area contributed by atoms with Crippen molar-refractivity contribution >= 4 is 51.8 Å². The molecule has 0 atom stereocenters. The van der Waals surface area contributed by atoms with Crippen LogP contribution in [0.4, 0.5) is 5.13 Å². The summed E-state index contributed by atoms with van der Waals surface area (Å²) in [5.41, 5.74) is 1.24. The normalized spacial score (nSPS) is 13.8. The van der Waals surface area contributed by atoms with Crippen LogP contribution in [0.3, 0.4) is 0 Å². The maximum absolute atomic E-state index is 12.5. The molecule has 0 aliphatic carbocycles. The number of piperazine rings is 1. The summed E-state index contributed by atoms with van der Waals surface area (Å²) in [6.07, 6.45) is 1.58. The highest BCUT2D eigenvalue weighted by Gasteiger charge is 2.23. The number of benzene rings is 1. The Bertz CT molecular complexity index is 1020. The van der Waals surface area contributed by atoms with Gasteiger partial charge in [-0.15, -0.1) is 22.0 Å². The van der Waals surface area contributed by atoms with Crippen molar-refractivity contribution < 1.29 is 14.0 Å². The second-order valence-electron chi connectivity index (χ2n) is 7.34. The Labute approximate surface area is 205 Å². The fourth-order valence-electron chi connectivity index (χ4n) is 3.23. The number of furan rings is 1. The molecule has 1 aromatic carbocycles. The van der Waals surface area contributed by atoms with Gasteiger partial charge in [-0.25, -0.2) is 0 Å². The molecule has 1 aliphatic rings. The number of rotatable bonds is 10. The van der Waals surface area contributed by atoms with Gasteiger partial charge in [0, 0.05) is 31.9 Å². The second-order valence-corrected chi connectivity index (χ2v) is 10.5. The molecule has 0 saturated carbocycles. The Morgan fingerprint density at radius 1 is 1.03 bits per heavy atom. The Hall–Kier alpha value is -2.50. The number of nitrogens with one attached hydrogen (secondary N) is 1. The van der Waals surface area contributed by atoms with Crippen LogP contribution in [0.2, 0.25) is 0 Å². The first-order valence-corrected chi connectivity index (χ1v) is 13.5. The van der Waals surface area contributed by atoms with Gasteiger partial charge in [-0.05, 0) is 17.7 Å². The zero-order valence-electron chi connectivity index (χ0n) is 18.0. The molecular formula is C22H25N5O3S3. The maximum atomic E-state index is 12.5. The number of thioether (sulfide) groups is 2. The van der Waals surface area contributed by atoms with Crippen LogP contribution in [0.5, 0.6) is 0 Å². The van der Waals surface area contributed by atoms with Crippen LogP contribution in [0.15, 0.2) is 57.5 Å². The van der Waals surface area contributed by atoms with Gasteiger partial charge in [-0.3, -0.25) is 9.59 Å². The fourth-order valence-corrected chi connectivity index (χ4v) is 5.84. The molecule has 174 valence electrons. The van der Waals surface area contributed by atoms with Gasteiger partial charge in [0.1, 0.15) is 5.76 Å². The van der Waals surface area contributed by atoms with Gasteiger partial charge in [0.15, 0.2) is 4.34 Å². The first-order valence-electron chi connectivity index (χ1n) is 10.6. The Morgan fingerprint density at radius 3 is 2.61 bits per heavy atom. The topological polar surface area (TPSA) is 91.6 Å². The van der Waals surface area contributed by atoms with Gasteiger partial charge in [0.2, 0.25) is 16.9 Å². The van der Waals surface area contributed by atoms with E-state index in [1.165, 1.54) is 28.7 Å². The predicted molar refractivity (Wildman–Crippen MR) is 133 cm³/mol. The molecule has 0 unspecified atom stereocenters. The quantitative estimate of drug-likeness (QED) is 0.422. The summed E-state index contributed by atoms with van der Waals surface area (Å²) < 4.78 is 5.96. The zero-order chi connectivity index (χ0) is 22.9. The zero-order valence-corrected chi connectivity index (χ0v) is 20.5. The highest BCUT2D eigenvalue weighted by molar-refractivity contribution is 8.01. The minimum Gasteiger partial charge on any atom is -0.467 e. The van der Waals surface area contributed by atoms with Crippen LogP contribution in [0.1, 0.15) is 11.3 Å². The van der Waals surface area contributed by atoms with Gasteiger partial charge in [0.25, 0.3) is 0 Å². The van der Waals surface area contributed by atoms with Crippen molar-refractivity contribution in [1.82, 2.24) is 20.4 Å². The SMILES string of the molecule is O=C(CSc1nnc(N2CCN(C(=O)CSCc3ccccc3)CC2)s1)NCc1ccco1. The third-order valence-corrected chi connectivity index (χ3v) is 8.11. The lowest BCUT2D eigenvalue weighted by molar-refractivity contribution is -0.128. The van der Waals surface area contributed by atoms with Crippen molar-refractivity contribution in [2.45, 2.75) is 16.6 Å². The summed E-state index contributed by atoms with van der Waals surface area (Å²) in [5, 5.41) is 12.1. The Morgan fingerprint density at radius 2 is 1.85 bits per heavy atom. The standard InChI is InChI=1S/C22H25N5O3S3/c28-19(23-13-18-7-4-12-30-18)15-32-22-25-24-21(33-22)27-10-8-26(9-11-27)20(29)16-31-14-17-5-2-1-3-6-17/h1-7,12H,8-11,13-16H2,(H,23,28). The van der Waals surface area contributed by atoms with Crippen LogP contribution < -0.4 is 10.2 Å². The number of carbonyl (C=O) groups is 2. The average molecular weight is 504 g/mol. The Balaban J connectivity index is 1.15. The maximum Gasteiger partial charge on any atom is 0.232 e. The molecule has 33 heavy (non-hydrogen) atoms. The summed E-state index contributed by atoms with van der Waals surface area (Å²) in [7, 11) is 0. The molecule has 1 fully saturated rings. The highest BCUT2D eigenvalue weighted by Crippen LogP contribution is 2.28. The molecule has 3 aromatic rings. The summed E-state index contributed by atoms with van der Waals surface area (Å²) in [5.74, 6) is 2.45. The number of aromatic nitrogens is 2. The lowest BCUT2D eigenvalue weighted by Gasteiger charge is -2.34. The molecule has 1 aliphatic heterocycles. The monoisotopic (exact) mass is 503 g/mol. The molecule has 0 spiro atoms. The molecule has 1 N–H and O–H groups in total. The van der Waals surface area contributed by atoms with Crippen molar-refractivity contribution in [3.05, 3.63) is 60.1 Å². The summed E-state index contributed by atoms with van der Waals surface area (Å²) in [4.78, 5) is 28.6. The number of anilines is 1. The van der Waals surface area contributed by atoms with Crippen molar-refractivity contribution in [2.75, 3.05) is 42.6 Å². The number of carbonyl (C=O) groups excluding carboxylic acids is 2. The molecule has 2 aromatic heterocycles. The van der Waals surface area contributed by atoms with Crippen molar-refractivity contribution in [3.63, 3.8) is 0 Å². The fraction of sp³-hybridized carbons (Fsp3) is 0.364. The van der Waals surface area contributed by atoms with Crippen LogP contribution in [0.25, 0.3) is 0 Å². The van der Waals surface area contributed by atoms with Crippen LogP contribution >= 0.6 is 34.9 Å². The van der Waals surface area contributed by atoms with Gasteiger partial charge in [-0.1, -0.05) is 53.4 Å². The number of amides is 2. The second kappa shape index (κ2) is 12.1. The average Bonchev–Trinajstić information content (AvgIpc) is 3.54. The molecule has 1 saturated heterocycles. The molecule has 2 amide bonds. The summed E-state index contributed by atoms with van der Waals surface area (Å²) in [6, 6.07) is 13.8.